The first kappa shape index (κ1) is 15.9. The highest BCUT2D eigenvalue weighted by molar-refractivity contribution is 7.89. The molecule has 0 amide bonds. The molecule has 1 aliphatic heterocycles. The van der Waals surface area contributed by atoms with Crippen LogP contribution in [0.3, 0.4) is 0 Å². The molecule has 1 aliphatic rings. The minimum Gasteiger partial charge on any atom is -0.480 e. The number of carboxylic acid groups (broad SMARTS) is 1. The molecular formula is C13H17FN2O4S. The van der Waals surface area contributed by atoms with Crippen molar-refractivity contribution in [2.75, 3.05) is 26.2 Å². The maximum absolute atomic E-state index is 13.7. The molecule has 0 saturated carbocycles. The van der Waals surface area contributed by atoms with E-state index >= 15 is 0 Å². The van der Waals surface area contributed by atoms with Crippen molar-refractivity contribution >= 4 is 16.0 Å². The number of carboxylic acids is 1. The van der Waals surface area contributed by atoms with Crippen LogP contribution in [0.4, 0.5) is 4.39 Å². The SMILES string of the molecule is CC(C(=O)O)N1CCN(S(=O)(=O)c2ccccc2F)CC1. The summed E-state index contributed by atoms with van der Waals surface area (Å²) < 4.78 is 39.6. The Kier molecular flexibility index (Phi) is 4.60. The van der Waals surface area contributed by atoms with Gasteiger partial charge in [-0.05, 0) is 19.1 Å². The number of rotatable bonds is 4. The van der Waals surface area contributed by atoms with E-state index in [2.05, 4.69) is 0 Å². The molecule has 1 aromatic carbocycles. The number of aliphatic carboxylic acids is 1. The maximum atomic E-state index is 13.7. The van der Waals surface area contributed by atoms with Gasteiger partial charge in [0, 0.05) is 26.2 Å². The van der Waals surface area contributed by atoms with Gasteiger partial charge in [0.1, 0.15) is 16.8 Å². The van der Waals surface area contributed by atoms with E-state index in [1.165, 1.54) is 22.5 Å². The molecule has 0 spiro atoms. The summed E-state index contributed by atoms with van der Waals surface area (Å²) >= 11 is 0. The number of piperazine rings is 1. The first-order chi connectivity index (χ1) is 9.84. The lowest BCUT2D eigenvalue weighted by Gasteiger charge is -2.35. The summed E-state index contributed by atoms with van der Waals surface area (Å²) in [4.78, 5) is 12.3. The molecule has 2 rings (SSSR count). The van der Waals surface area contributed by atoms with Crippen molar-refractivity contribution < 1.29 is 22.7 Å². The van der Waals surface area contributed by atoms with Gasteiger partial charge in [0.2, 0.25) is 10.0 Å². The van der Waals surface area contributed by atoms with E-state index in [9.17, 15) is 17.6 Å². The molecule has 1 unspecified atom stereocenters. The summed E-state index contributed by atoms with van der Waals surface area (Å²) in [5, 5.41) is 8.95. The van der Waals surface area contributed by atoms with Gasteiger partial charge in [-0.1, -0.05) is 12.1 Å². The topological polar surface area (TPSA) is 77.9 Å². The molecule has 8 heteroatoms. The fourth-order valence-corrected chi connectivity index (χ4v) is 3.77. The molecule has 1 N–H and O–H groups in total. The summed E-state index contributed by atoms with van der Waals surface area (Å²) in [5.41, 5.74) is 0. The Morgan fingerprint density at radius 2 is 1.81 bits per heavy atom. The van der Waals surface area contributed by atoms with E-state index in [-0.39, 0.29) is 18.0 Å². The Bertz CT molecular complexity index is 627. The Morgan fingerprint density at radius 1 is 1.24 bits per heavy atom. The summed E-state index contributed by atoms with van der Waals surface area (Å²) in [7, 11) is -3.88. The van der Waals surface area contributed by atoms with Crippen molar-refractivity contribution in [2.45, 2.75) is 17.9 Å². The highest BCUT2D eigenvalue weighted by Gasteiger charge is 2.32. The molecule has 21 heavy (non-hydrogen) atoms. The van der Waals surface area contributed by atoms with Gasteiger partial charge in [-0.15, -0.1) is 0 Å². The van der Waals surface area contributed by atoms with Crippen LogP contribution in [-0.4, -0.2) is 60.9 Å². The number of nitrogens with zero attached hydrogens (tertiary/aromatic N) is 2. The molecule has 6 nitrogen and oxygen atoms in total. The molecule has 0 aliphatic carbocycles. The minimum absolute atomic E-state index is 0.147. The molecule has 0 bridgehead atoms. The Hall–Kier alpha value is -1.51. The molecule has 0 radical (unpaired) electrons. The van der Waals surface area contributed by atoms with Crippen LogP contribution in [0.25, 0.3) is 0 Å². The molecule has 1 atom stereocenters. The zero-order chi connectivity index (χ0) is 15.6. The van der Waals surface area contributed by atoms with Crippen LogP contribution in [0.5, 0.6) is 0 Å². The summed E-state index contributed by atoms with van der Waals surface area (Å²) in [6.07, 6.45) is 0. The van der Waals surface area contributed by atoms with E-state index in [4.69, 9.17) is 5.11 Å². The zero-order valence-electron chi connectivity index (χ0n) is 11.6. The third-order valence-electron chi connectivity index (χ3n) is 3.63. The number of halogens is 1. The van der Waals surface area contributed by atoms with Crippen molar-refractivity contribution in [1.82, 2.24) is 9.21 Å². The molecule has 0 aromatic heterocycles. The smallest absolute Gasteiger partial charge is 0.320 e. The third-order valence-corrected chi connectivity index (χ3v) is 5.56. The summed E-state index contributed by atoms with van der Waals surface area (Å²) in [6, 6.07) is 4.58. The number of hydrogen-bond acceptors (Lipinski definition) is 4. The lowest BCUT2D eigenvalue weighted by Crippen LogP contribution is -2.53. The van der Waals surface area contributed by atoms with Gasteiger partial charge in [0.25, 0.3) is 0 Å². The van der Waals surface area contributed by atoms with E-state index in [1.807, 2.05) is 0 Å². The third kappa shape index (κ3) is 3.22. The largest absolute Gasteiger partial charge is 0.480 e. The van der Waals surface area contributed by atoms with E-state index in [0.29, 0.717) is 13.1 Å². The molecule has 1 heterocycles. The molecule has 116 valence electrons. The van der Waals surface area contributed by atoms with E-state index in [0.717, 1.165) is 6.07 Å². The van der Waals surface area contributed by atoms with Gasteiger partial charge in [0.15, 0.2) is 0 Å². The number of carbonyl (C=O) groups is 1. The van der Waals surface area contributed by atoms with Crippen LogP contribution in [0.2, 0.25) is 0 Å². The van der Waals surface area contributed by atoms with Gasteiger partial charge in [-0.3, -0.25) is 9.69 Å². The van der Waals surface area contributed by atoms with Gasteiger partial charge in [-0.2, -0.15) is 4.31 Å². The Balaban J connectivity index is 2.12. The van der Waals surface area contributed by atoms with Gasteiger partial charge in [-0.25, -0.2) is 12.8 Å². The summed E-state index contributed by atoms with van der Waals surface area (Å²) in [5.74, 6) is -1.72. The Morgan fingerprint density at radius 3 is 2.33 bits per heavy atom. The fourth-order valence-electron chi connectivity index (χ4n) is 2.28. The molecule has 1 saturated heterocycles. The van der Waals surface area contributed by atoms with Crippen molar-refractivity contribution in [2.24, 2.45) is 0 Å². The van der Waals surface area contributed by atoms with Crippen LogP contribution in [0.1, 0.15) is 6.92 Å². The average Bonchev–Trinajstić information content (AvgIpc) is 2.46. The highest BCUT2D eigenvalue weighted by Crippen LogP contribution is 2.20. The predicted molar refractivity (Wildman–Crippen MR) is 73.8 cm³/mol. The maximum Gasteiger partial charge on any atom is 0.320 e. The normalized spacial score (nSPS) is 19.3. The van der Waals surface area contributed by atoms with Crippen molar-refractivity contribution in [3.8, 4) is 0 Å². The first-order valence-corrected chi connectivity index (χ1v) is 7.99. The molecule has 1 aromatic rings. The average molecular weight is 316 g/mol. The quantitative estimate of drug-likeness (QED) is 0.880. The first-order valence-electron chi connectivity index (χ1n) is 6.55. The van der Waals surface area contributed by atoms with E-state index < -0.39 is 27.9 Å². The van der Waals surface area contributed by atoms with Crippen LogP contribution >= 0.6 is 0 Å². The van der Waals surface area contributed by atoms with Crippen molar-refractivity contribution in [3.05, 3.63) is 30.1 Å². The van der Waals surface area contributed by atoms with Gasteiger partial charge in [0.05, 0.1) is 0 Å². The molecular weight excluding hydrogens is 299 g/mol. The molecule has 1 fully saturated rings. The second kappa shape index (κ2) is 6.08. The predicted octanol–water partition coefficient (Wildman–Crippen LogP) is 0.605. The van der Waals surface area contributed by atoms with Crippen molar-refractivity contribution in [1.29, 1.82) is 0 Å². The monoisotopic (exact) mass is 316 g/mol. The van der Waals surface area contributed by atoms with Crippen LogP contribution < -0.4 is 0 Å². The van der Waals surface area contributed by atoms with Gasteiger partial charge < -0.3 is 5.11 Å². The van der Waals surface area contributed by atoms with Crippen LogP contribution in [-0.2, 0) is 14.8 Å². The number of hydrogen-bond donors (Lipinski definition) is 1. The Labute approximate surface area is 122 Å². The zero-order valence-corrected chi connectivity index (χ0v) is 12.4. The second-order valence-electron chi connectivity index (χ2n) is 4.88. The lowest BCUT2D eigenvalue weighted by atomic mass is 10.2. The van der Waals surface area contributed by atoms with Gasteiger partial charge >= 0.3 is 5.97 Å². The second-order valence-corrected chi connectivity index (χ2v) is 6.79. The van der Waals surface area contributed by atoms with Crippen LogP contribution in [0.15, 0.2) is 29.2 Å². The van der Waals surface area contributed by atoms with E-state index in [1.54, 1.807) is 11.8 Å². The number of benzene rings is 1. The fraction of sp³-hybridized carbons (Fsp3) is 0.462. The lowest BCUT2D eigenvalue weighted by molar-refractivity contribution is -0.143. The van der Waals surface area contributed by atoms with Crippen molar-refractivity contribution in [3.63, 3.8) is 0 Å². The van der Waals surface area contributed by atoms with Crippen LogP contribution in [0, 0.1) is 5.82 Å². The number of sulfonamides is 1. The minimum atomic E-state index is -3.88. The summed E-state index contributed by atoms with van der Waals surface area (Å²) in [6.45, 7) is 2.47. The standard InChI is InChI=1S/C13H17FN2O4S/c1-10(13(17)18)15-6-8-16(9-7-15)21(19,20)12-5-3-2-4-11(12)14/h2-5,10H,6-9H2,1H3,(H,17,18). The highest BCUT2D eigenvalue weighted by atomic mass is 32.2.